The van der Waals surface area contributed by atoms with Crippen LogP contribution in [0.2, 0.25) is 0 Å². The van der Waals surface area contributed by atoms with Gasteiger partial charge in [-0.25, -0.2) is 0 Å². The third kappa shape index (κ3) is 4.21. The highest BCUT2D eigenvalue weighted by Crippen LogP contribution is 2.27. The smallest absolute Gasteiger partial charge is 0.227 e. The van der Waals surface area contributed by atoms with E-state index in [-0.39, 0.29) is 24.4 Å². The maximum absolute atomic E-state index is 12.5. The van der Waals surface area contributed by atoms with Crippen molar-refractivity contribution in [2.45, 2.75) is 53.5 Å². The fourth-order valence-electron chi connectivity index (χ4n) is 2.62. The van der Waals surface area contributed by atoms with Crippen molar-refractivity contribution >= 4 is 18.3 Å². The number of aryl methyl sites for hydroxylation is 1. The summed E-state index contributed by atoms with van der Waals surface area (Å²) in [6.45, 7) is 10.7. The molecule has 3 nitrogen and oxygen atoms in total. The van der Waals surface area contributed by atoms with Crippen LogP contribution in [-0.2, 0) is 4.79 Å². The van der Waals surface area contributed by atoms with Gasteiger partial charge >= 0.3 is 0 Å². The van der Waals surface area contributed by atoms with Gasteiger partial charge in [-0.15, -0.1) is 12.4 Å². The number of nitrogens with two attached hydrogens (primary N) is 1. The number of hydrogen-bond donors (Lipinski definition) is 2. The standard InChI is InChI=1S/C17H28N2O.ClH/c1-6-17(7-2,11-18)16(20)19-14(5)15-10-8-9-12(3)13(15)4;/h8-10,14H,6-7,11,18H2,1-5H3,(H,19,20);1H. The van der Waals surface area contributed by atoms with Crippen molar-refractivity contribution in [3.05, 3.63) is 34.9 Å². The van der Waals surface area contributed by atoms with Crippen LogP contribution in [0.15, 0.2) is 18.2 Å². The fourth-order valence-corrected chi connectivity index (χ4v) is 2.62. The van der Waals surface area contributed by atoms with Gasteiger partial charge in [0.1, 0.15) is 0 Å². The topological polar surface area (TPSA) is 55.1 Å². The lowest BCUT2D eigenvalue weighted by atomic mass is 9.81. The Kier molecular flexibility index (Phi) is 7.98. The van der Waals surface area contributed by atoms with Gasteiger partial charge < -0.3 is 11.1 Å². The van der Waals surface area contributed by atoms with Crippen LogP contribution < -0.4 is 11.1 Å². The number of nitrogens with one attached hydrogen (secondary N) is 1. The molecule has 0 saturated carbocycles. The molecular weight excluding hydrogens is 284 g/mol. The number of carbonyl (C=O) groups is 1. The highest BCUT2D eigenvalue weighted by Gasteiger charge is 2.34. The van der Waals surface area contributed by atoms with E-state index in [4.69, 9.17) is 5.73 Å². The van der Waals surface area contributed by atoms with Crippen LogP contribution in [0, 0.1) is 19.3 Å². The van der Waals surface area contributed by atoms with Crippen LogP contribution in [0.1, 0.15) is 56.3 Å². The largest absolute Gasteiger partial charge is 0.349 e. The van der Waals surface area contributed by atoms with Crippen LogP contribution >= 0.6 is 12.4 Å². The molecule has 3 N–H and O–H groups in total. The van der Waals surface area contributed by atoms with Gasteiger partial charge in [-0.2, -0.15) is 0 Å². The van der Waals surface area contributed by atoms with E-state index < -0.39 is 5.41 Å². The Bertz CT molecular complexity index is 462. The highest BCUT2D eigenvalue weighted by atomic mass is 35.5. The molecule has 1 amide bonds. The van der Waals surface area contributed by atoms with Gasteiger partial charge in [-0.1, -0.05) is 32.0 Å². The molecule has 0 heterocycles. The molecule has 1 aromatic rings. The monoisotopic (exact) mass is 312 g/mol. The van der Waals surface area contributed by atoms with Crippen molar-refractivity contribution in [1.29, 1.82) is 0 Å². The number of amides is 1. The van der Waals surface area contributed by atoms with E-state index in [0.717, 1.165) is 12.8 Å². The van der Waals surface area contributed by atoms with Crippen LogP contribution in [0.4, 0.5) is 0 Å². The molecule has 0 radical (unpaired) electrons. The Morgan fingerprint density at radius 3 is 2.33 bits per heavy atom. The van der Waals surface area contributed by atoms with Crippen molar-refractivity contribution < 1.29 is 4.79 Å². The SMILES string of the molecule is CCC(CC)(CN)C(=O)NC(C)c1cccc(C)c1C.Cl. The first kappa shape index (κ1) is 19.9. The van der Waals surface area contributed by atoms with Crippen LogP contribution in [0.3, 0.4) is 0 Å². The minimum Gasteiger partial charge on any atom is -0.349 e. The lowest BCUT2D eigenvalue weighted by Crippen LogP contribution is -2.46. The summed E-state index contributed by atoms with van der Waals surface area (Å²) in [4.78, 5) is 12.5. The van der Waals surface area contributed by atoms with Crippen molar-refractivity contribution in [1.82, 2.24) is 5.32 Å². The molecule has 0 bridgehead atoms. The Labute approximate surface area is 135 Å². The molecule has 0 fully saturated rings. The Hall–Kier alpha value is -1.06. The second-order valence-electron chi connectivity index (χ2n) is 5.68. The molecule has 4 heteroatoms. The van der Waals surface area contributed by atoms with E-state index in [2.05, 4.69) is 31.3 Å². The van der Waals surface area contributed by atoms with E-state index in [1.165, 1.54) is 16.7 Å². The predicted molar refractivity (Wildman–Crippen MR) is 91.8 cm³/mol. The second kappa shape index (κ2) is 8.40. The summed E-state index contributed by atoms with van der Waals surface area (Å²) in [5, 5.41) is 3.14. The molecule has 0 aliphatic carbocycles. The summed E-state index contributed by atoms with van der Waals surface area (Å²) in [6.07, 6.45) is 1.54. The average molecular weight is 313 g/mol. The minimum absolute atomic E-state index is 0. The molecule has 0 aliphatic heterocycles. The van der Waals surface area contributed by atoms with E-state index in [0.29, 0.717) is 6.54 Å². The quantitative estimate of drug-likeness (QED) is 0.842. The average Bonchev–Trinajstić information content (AvgIpc) is 2.44. The van der Waals surface area contributed by atoms with Crippen LogP contribution in [-0.4, -0.2) is 12.5 Å². The first-order valence-electron chi connectivity index (χ1n) is 7.49. The summed E-state index contributed by atoms with van der Waals surface area (Å²) < 4.78 is 0. The summed E-state index contributed by atoms with van der Waals surface area (Å²) in [6, 6.07) is 6.22. The maximum atomic E-state index is 12.5. The molecule has 120 valence electrons. The number of halogens is 1. The van der Waals surface area contributed by atoms with E-state index in [1.54, 1.807) is 0 Å². The summed E-state index contributed by atoms with van der Waals surface area (Å²) in [7, 11) is 0. The zero-order valence-corrected chi connectivity index (χ0v) is 14.6. The van der Waals surface area contributed by atoms with Crippen molar-refractivity contribution in [3.8, 4) is 0 Å². The van der Waals surface area contributed by atoms with Gasteiger partial charge in [-0.05, 0) is 50.3 Å². The first-order valence-corrected chi connectivity index (χ1v) is 7.49. The van der Waals surface area contributed by atoms with E-state index >= 15 is 0 Å². The zero-order valence-electron chi connectivity index (χ0n) is 13.8. The van der Waals surface area contributed by atoms with Gasteiger partial charge in [0.2, 0.25) is 5.91 Å². The normalized spacial score (nSPS) is 12.5. The third-order valence-electron chi connectivity index (χ3n) is 4.69. The predicted octanol–water partition coefficient (Wildman–Crippen LogP) is 3.67. The van der Waals surface area contributed by atoms with Crippen molar-refractivity contribution in [2.24, 2.45) is 11.1 Å². The van der Waals surface area contributed by atoms with Gasteiger partial charge in [0, 0.05) is 6.54 Å². The molecule has 21 heavy (non-hydrogen) atoms. The van der Waals surface area contributed by atoms with Crippen molar-refractivity contribution in [3.63, 3.8) is 0 Å². The molecule has 0 spiro atoms. The molecule has 1 unspecified atom stereocenters. The number of rotatable bonds is 6. The maximum Gasteiger partial charge on any atom is 0.227 e. The Morgan fingerprint density at radius 2 is 1.86 bits per heavy atom. The molecule has 1 aromatic carbocycles. The van der Waals surface area contributed by atoms with Gasteiger partial charge in [0.05, 0.1) is 11.5 Å². The van der Waals surface area contributed by atoms with Gasteiger partial charge in [-0.3, -0.25) is 4.79 Å². The number of hydrogen-bond acceptors (Lipinski definition) is 2. The summed E-state index contributed by atoms with van der Waals surface area (Å²) in [5.41, 5.74) is 9.07. The highest BCUT2D eigenvalue weighted by molar-refractivity contribution is 5.85. The van der Waals surface area contributed by atoms with Crippen LogP contribution in [0.5, 0.6) is 0 Å². The Morgan fingerprint density at radius 1 is 1.29 bits per heavy atom. The lowest BCUT2D eigenvalue weighted by Gasteiger charge is -2.30. The first-order chi connectivity index (χ1) is 9.41. The van der Waals surface area contributed by atoms with Gasteiger partial charge in [0.15, 0.2) is 0 Å². The van der Waals surface area contributed by atoms with E-state index in [1.807, 2.05) is 26.8 Å². The molecule has 0 saturated heterocycles. The summed E-state index contributed by atoms with van der Waals surface area (Å²) >= 11 is 0. The molecule has 1 rings (SSSR count). The molecule has 0 aliphatic rings. The van der Waals surface area contributed by atoms with E-state index in [9.17, 15) is 4.79 Å². The number of carbonyl (C=O) groups excluding carboxylic acids is 1. The zero-order chi connectivity index (χ0) is 15.3. The summed E-state index contributed by atoms with van der Waals surface area (Å²) in [5.74, 6) is 0.0680. The second-order valence-corrected chi connectivity index (χ2v) is 5.68. The van der Waals surface area contributed by atoms with Crippen LogP contribution in [0.25, 0.3) is 0 Å². The molecular formula is C17H29ClN2O. The molecule has 1 atom stereocenters. The number of benzene rings is 1. The third-order valence-corrected chi connectivity index (χ3v) is 4.69. The lowest BCUT2D eigenvalue weighted by molar-refractivity contribution is -0.131. The molecule has 0 aromatic heterocycles. The fraction of sp³-hybridized carbons (Fsp3) is 0.588. The van der Waals surface area contributed by atoms with Crippen molar-refractivity contribution in [2.75, 3.05) is 6.54 Å². The van der Waals surface area contributed by atoms with Gasteiger partial charge in [0.25, 0.3) is 0 Å². The minimum atomic E-state index is -0.439. The Balaban J connectivity index is 0.00000400.